The minimum atomic E-state index is 0.500. The van der Waals surface area contributed by atoms with Crippen LogP contribution in [0.25, 0.3) is 0 Å². The van der Waals surface area contributed by atoms with Gasteiger partial charge in [0.25, 0.3) is 0 Å². The minimum absolute atomic E-state index is 0.500. The summed E-state index contributed by atoms with van der Waals surface area (Å²) in [5, 5.41) is 4.30. The molecule has 2 unspecified atom stereocenters. The van der Waals surface area contributed by atoms with E-state index < -0.39 is 0 Å². The summed E-state index contributed by atoms with van der Waals surface area (Å²) in [5.41, 5.74) is 0. The summed E-state index contributed by atoms with van der Waals surface area (Å²) in [6.45, 7) is 7.72. The molecule has 76 valence electrons. The van der Waals surface area contributed by atoms with Crippen molar-refractivity contribution in [3.05, 3.63) is 0 Å². The van der Waals surface area contributed by atoms with Gasteiger partial charge in [0.1, 0.15) is 0 Å². The van der Waals surface area contributed by atoms with Crippen LogP contribution in [0.1, 0.15) is 40.0 Å². The maximum Gasteiger partial charge on any atom is 0.169 e. The first kappa shape index (κ1) is 10.8. The lowest BCUT2D eigenvalue weighted by molar-refractivity contribution is 0.400. The standard InChI is InChI=1S/C10H20N2S/c1-4-8(2)11-10(13)12-7-5-6-9(12)3/h8-9H,4-7H2,1-3H3,(H,11,13). The average molecular weight is 200 g/mol. The molecule has 0 spiro atoms. The van der Waals surface area contributed by atoms with Crippen LogP contribution in [0, 0.1) is 0 Å². The summed E-state index contributed by atoms with van der Waals surface area (Å²) in [5.74, 6) is 0. The van der Waals surface area contributed by atoms with Crippen molar-refractivity contribution >= 4 is 17.3 Å². The number of thiocarbonyl (C=S) groups is 1. The van der Waals surface area contributed by atoms with E-state index in [1.54, 1.807) is 0 Å². The van der Waals surface area contributed by atoms with Gasteiger partial charge in [0.05, 0.1) is 0 Å². The fraction of sp³-hybridized carbons (Fsp3) is 0.900. The van der Waals surface area contributed by atoms with Crippen LogP contribution in [0.3, 0.4) is 0 Å². The topological polar surface area (TPSA) is 15.3 Å². The van der Waals surface area contributed by atoms with E-state index in [-0.39, 0.29) is 0 Å². The van der Waals surface area contributed by atoms with E-state index in [1.807, 2.05) is 0 Å². The van der Waals surface area contributed by atoms with Crippen molar-refractivity contribution in [1.82, 2.24) is 10.2 Å². The second-order valence-electron chi connectivity index (χ2n) is 3.94. The van der Waals surface area contributed by atoms with Gasteiger partial charge in [0.15, 0.2) is 5.11 Å². The third-order valence-electron chi connectivity index (χ3n) is 2.80. The number of rotatable bonds is 2. The van der Waals surface area contributed by atoms with E-state index in [4.69, 9.17) is 12.2 Å². The van der Waals surface area contributed by atoms with Crippen LogP contribution in [0.2, 0.25) is 0 Å². The molecule has 0 aromatic heterocycles. The molecule has 2 nitrogen and oxygen atoms in total. The van der Waals surface area contributed by atoms with E-state index in [2.05, 4.69) is 31.0 Å². The van der Waals surface area contributed by atoms with E-state index in [9.17, 15) is 0 Å². The Labute approximate surface area is 86.7 Å². The lowest BCUT2D eigenvalue weighted by Gasteiger charge is -2.27. The van der Waals surface area contributed by atoms with Crippen molar-refractivity contribution in [2.24, 2.45) is 0 Å². The van der Waals surface area contributed by atoms with Gasteiger partial charge in [-0.3, -0.25) is 0 Å². The quantitative estimate of drug-likeness (QED) is 0.688. The summed E-state index contributed by atoms with van der Waals surface area (Å²) in [4.78, 5) is 2.31. The first-order chi connectivity index (χ1) is 6.15. The van der Waals surface area contributed by atoms with Gasteiger partial charge in [-0.25, -0.2) is 0 Å². The Morgan fingerprint density at radius 2 is 2.38 bits per heavy atom. The number of hydrogen-bond acceptors (Lipinski definition) is 1. The van der Waals surface area contributed by atoms with Crippen molar-refractivity contribution in [2.75, 3.05) is 6.54 Å². The van der Waals surface area contributed by atoms with Crippen LogP contribution in [-0.4, -0.2) is 28.6 Å². The van der Waals surface area contributed by atoms with Crippen molar-refractivity contribution in [3.63, 3.8) is 0 Å². The predicted octanol–water partition coefficient (Wildman–Crippen LogP) is 2.14. The van der Waals surface area contributed by atoms with Gasteiger partial charge in [-0.2, -0.15) is 0 Å². The molecule has 0 amide bonds. The van der Waals surface area contributed by atoms with Gasteiger partial charge in [-0.15, -0.1) is 0 Å². The zero-order valence-electron chi connectivity index (χ0n) is 8.84. The molecule has 0 saturated carbocycles. The predicted molar refractivity (Wildman–Crippen MR) is 60.9 cm³/mol. The highest BCUT2D eigenvalue weighted by Gasteiger charge is 2.22. The molecule has 0 aromatic carbocycles. The summed E-state index contributed by atoms with van der Waals surface area (Å²) in [6, 6.07) is 1.13. The molecule has 2 atom stereocenters. The summed E-state index contributed by atoms with van der Waals surface area (Å²) in [7, 11) is 0. The normalized spacial score (nSPS) is 24.5. The molecule has 1 fully saturated rings. The molecule has 1 N–H and O–H groups in total. The molecule has 13 heavy (non-hydrogen) atoms. The van der Waals surface area contributed by atoms with Crippen molar-refractivity contribution in [2.45, 2.75) is 52.1 Å². The molecule has 1 aliphatic rings. The van der Waals surface area contributed by atoms with E-state index in [0.29, 0.717) is 12.1 Å². The lowest BCUT2D eigenvalue weighted by atomic mass is 10.2. The highest BCUT2D eigenvalue weighted by atomic mass is 32.1. The molecule has 1 saturated heterocycles. The molecular weight excluding hydrogens is 180 g/mol. The fourth-order valence-corrected chi connectivity index (χ4v) is 2.10. The highest BCUT2D eigenvalue weighted by molar-refractivity contribution is 7.80. The number of nitrogens with one attached hydrogen (secondary N) is 1. The van der Waals surface area contributed by atoms with Crippen molar-refractivity contribution in [3.8, 4) is 0 Å². The smallest absolute Gasteiger partial charge is 0.169 e. The van der Waals surface area contributed by atoms with E-state index >= 15 is 0 Å². The Bertz CT molecular complexity index is 182. The molecule has 0 aliphatic carbocycles. The average Bonchev–Trinajstić information content (AvgIpc) is 2.51. The SMILES string of the molecule is CCC(C)NC(=S)N1CCCC1C. The van der Waals surface area contributed by atoms with Crippen LogP contribution in [0.15, 0.2) is 0 Å². The molecular formula is C10H20N2S. The maximum atomic E-state index is 5.35. The molecule has 0 radical (unpaired) electrons. The summed E-state index contributed by atoms with van der Waals surface area (Å²) >= 11 is 5.35. The molecule has 1 heterocycles. The van der Waals surface area contributed by atoms with Gasteiger partial charge < -0.3 is 10.2 Å². The lowest BCUT2D eigenvalue weighted by Crippen LogP contribution is -2.44. The van der Waals surface area contributed by atoms with Crippen molar-refractivity contribution < 1.29 is 0 Å². The molecule has 3 heteroatoms. The number of likely N-dealkylation sites (tertiary alicyclic amines) is 1. The van der Waals surface area contributed by atoms with E-state index in [1.165, 1.54) is 12.8 Å². The Hall–Kier alpha value is -0.310. The second kappa shape index (κ2) is 4.80. The Balaban J connectivity index is 2.38. The monoisotopic (exact) mass is 200 g/mol. The van der Waals surface area contributed by atoms with Gasteiger partial charge in [0, 0.05) is 18.6 Å². The van der Waals surface area contributed by atoms with E-state index in [0.717, 1.165) is 18.1 Å². The zero-order chi connectivity index (χ0) is 9.84. The molecule has 1 rings (SSSR count). The molecule has 0 aromatic rings. The Morgan fingerprint density at radius 3 is 2.85 bits per heavy atom. The second-order valence-corrected chi connectivity index (χ2v) is 4.33. The molecule has 0 bridgehead atoms. The fourth-order valence-electron chi connectivity index (χ4n) is 1.63. The minimum Gasteiger partial charge on any atom is -0.360 e. The van der Waals surface area contributed by atoms with Crippen LogP contribution < -0.4 is 5.32 Å². The van der Waals surface area contributed by atoms with Crippen molar-refractivity contribution in [1.29, 1.82) is 0 Å². The largest absolute Gasteiger partial charge is 0.360 e. The van der Waals surface area contributed by atoms with Gasteiger partial charge in [-0.1, -0.05) is 6.92 Å². The first-order valence-electron chi connectivity index (χ1n) is 5.22. The highest BCUT2D eigenvalue weighted by Crippen LogP contribution is 2.16. The van der Waals surface area contributed by atoms with Crippen LogP contribution in [-0.2, 0) is 0 Å². The van der Waals surface area contributed by atoms with Gasteiger partial charge >= 0.3 is 0 Å². The van der Waals surface area contributed by atoms with Crippen LogP contribution in [0.5, 0.6) is 0 Å². The summed E-state index contributed by atoms with van der Waals surface area (Å²) < 4.78 is 0. The number of hydrogen-bond donors (Lipinski definition) is 1. The number of nitrogens with zero attached hydrogens (tertiary/aromatic N) is 1. The molecule has 1 aliphatic heterocycles. The van der Waals surface area contributed by atoms with Crippen LogP contribution in [0.4, 0.5) is 0 Å². The maximum absolute atomic E-state index is 5.35. The Morgan fingerprint density at radius 1 is 1.69 bits per heavy atom. The van der Waals surface area contributed by atoms with Gasteiger partial charge in [-0.05, 0) is 45.3 Å². The zero-order valence-corrected chi connectivity index (χ0v) is 9.66. The van der Waals surface area contributed by atoms with Gasteiger partial charge in [0.2, 0.25) is 0 Å². The Kier molecular flexibility index (Phi) is 3.97. The van der Waals surface area contributed by atoms with Crippen LogP contribution >= 0.6 is 12.2 Å². The third kappa shape index (κ3) is 2.83. The summed E-state index contributed by atoms with van der Waals surface area (Å²) in [6.07, 6.45) is 3.69. The first-order valence-corrected chi connectivity index (χ1v) is 5.63. The third-order valence-corrected chi connectivity index (χ3v) is 3.15.